The van der Waals surface area contributed by atoms with E-state index in [2.05, 4.69) is 18.0 Å². The molecule has 0 aliphatic carbocycles. The Morgan fingerprint density at radius 3 is 2.42 bits per heavy atom. The van der Waals surface area contributed by atoms with Crippen molar-refractivity contribution in [3.63, 3.8) is 0 Å². The molecule has 8 heteroatoms. The van der Waals surface area contributed by atoms with Crippen LogP contribution in [0.5, 0.6) is 17.2 Å². The van der Waals surface area contributed by atoms with Crippen LogP contribution in [-0.2, 0) is 16.1 Å². The molecule has 0 spiro atoms. The molecule has 26 heavy (non-hydrogen) atoms. The predicted molar refractivity (Wildman–Crippen MR) is 92.9 cm³/mol. The van der Waals surface area contributed by atoms with Gasteiger partial charge in [0.2, 0.25) is 6.79 Å². The largest absolute Gasteiger partial charge is 0.497 e. The van der Waals surface area contributed by atoms with Crippen molar-refractivity contribution in [2.75, 3.05) is 25.9 Å². The van der Waals surface area contributed by atoms with Crippen LogP contribution >= 0.6 is 0 Å². The van der Waals surface area contributed by atoms with Crippen LogP contribution in [0.4, 0.5) is 5.69 Å². The van der Waals surface area contributed by atoms with E-state index in [4.69, 9.17) is 34.0 Å². The van der Waals surface area contributed by atoms with Gasteiger partial charge in [-0.2, -0.15) is 0 Å². The molecule has 1 heterocycles. The Kier molecular flexibility index (Phi) is 6.26. The van der Waals surface area contributed by atoms with Crippen LogP contribution < -0.4 is 19.1 Å². The van der Waals surface area contributed by atoms with Crippen molar-refractivity contribution < 1.29 is 34.0 Å². The van der Waals surface area contributed by atoms with Crippen molar-refractivity contribution in [1.29, 1.82) is 0 Å². The maximum atomic E-state index is 9.10. The van der Waals surface area contributed by atoms with E-state index in [1.165, 1.54) is 5.56 Å². The van der Waals surface area contributed by atoms with Gasteiger partial charge in [-0.25, -0.2) is 9.59 Å². The Balaban J connectivity index is 0.000000352. The lowest BCUT2D eigenvalue weighted by atomic mass is 10.2. The number of benzene rings is 2. The summed E-state index contributed by atoms with van der Waals surface area (Å²) in [5, 5.41) is 14.8. The van der Waals surface area contributed by atoms with E-state index in [9.17, 15) is 0 Å². The van der Waals surface area contributed by atoms with Gasteiger partial charge in [0.15, 0.2) is 11.5 Å². The topological polar surface area (TPSA) is 106 Å². The number of carbonyl (C=O) groups is 2. The van der Waals surface area contributed by atoms with Crippen LogP contribution in [0.3, 0.4) is 0 Å². The number of carboxylic acid groups (broad SMARTS) is 2. The summed E-state index contributed by atoms with van der Waals surface area (Å²) >= 11 is 0. The number of fused-ring (bicyclic) bond motifs is 1. The highest BCUT2D eigenvalue weighted by atomic mass is 16.7. The summed E-state index contributed by atoms with van der Waals surface area (Å²) in [5.74, 6) is -1.16. The molecule has 138 valence electrons. The van der Waals surface area contributed by atoms with E-state index in [0.29, 0.717) is 6.79 Å². The van der Waals surface area contributed by atoms with E-state index < -0.39 is 11.9 Å². The van der Waals surface area contributed by atoms with Crippen LogP contribution in [0.15, 0.2) is 42.5 Å². The van der Waals surface area contributed by atoms with Gasteiger partial charge in [0.25, 0.3) is 0 Å². The molecule has 0 saturated heterocycles. The molecule has 0 fully saturated rings. The SMILES string of the molecule is COc1cccc(CN(C)c2ccc3c(c2)OCO3)c1.O=C(O)C(=O)O. The lowest BCUT2D eigenvalue weighted by Gasteiger charge is -2.20. The highest BCUT2D eigenvalue weighted by molar-refractivity contribution is 6.27. The smallest absolute Gasteiger partial charge is 0.414 e. The molecule has 0 saturated carbocycles. The number of aliphatic carboxylic acids is 2. The van der Waals surface area contributed by atoms with E-state index >= 15 is 0 Å². The molecule has 1 aliphatic heterocycles. The molecule has 0 aromatic heterocycles. The van der Waals surface area contributed by atoms with E-state index in [1.54, 1.807) is 7.11 Å². The molecule has 0 amide bonds. The molecule has 2 N–H and O–H groups in total. The molecule has 2 aromatic rings. The van der Waals surface area contributed by atoms with Gasteiger partial charge < -0.3 is 29.3 Å². The third kappa shape index (κ3) is 5.04. The standard InChI is InChI=1S/C16H17NO3.C2H2O4/c1-17(10-12-4-3-5-14(8-12)18-2)13-6-7-15-16(9-13)20-11-19-15;3-1(4)2(5)6/h3-9H,10-11H2,1-2H3;(H,3,4)(H,5,6). The average molecular weight is 361 g/mol. The normalized spacial score (nSPS) is 11.2. The lowest BCUT2D eigenvalue weighted by Crippen LogP contribution is -2.16. The summed E-state index contributed by atoms with van der Waals surface area (Å²) in [6.45, 7) is 1.11. The zero-order valence-corrected chi connectivity index (χ0v) is 14.3. The summed E-state index contributed by atoms with van der Waals surface area (Å²) in [5.41, 5.74) is 2.29. The number of methoxy groups -OCH3 is 1. The van der Waals surface area contributed by atoms with Gasteiger partial charge in [-0.3, -0.25) is 0 Å². The van der Waals surface area contributed by atoms with Crippen LogP contribution in [0.25, 0.3) is 0 Å². The molecule has 8 nitrogen and oxygen atoms in total. The van der Waals surface area contributed by atoms with Gasteiger partial charge in [0.05, 0.1) is 7.11 Å². The molecular formula is C18H19NO7. The second kappa shape index (κ2) is 8.61. The first kappa shape index (κ1) is 18.9. The highest BCUT2D eigenvalue weighted by Gasteiger charge is 2.14. The van der Waals surface area contributed by atoms with Crippen LogP contribution in [0, 0.1) is 0 Å². The molecule has 0 radical (unpaired) electrons. The van der Waals surface area contributed by atoms with Crippen molar-refractivity contribution in [1.82, 2.24) is 0 Å². The van der Waals surface area contributed by atoms with Crippen LogP contribution in [-0.4, -0.2) is 43.1 Å². The van der Waals surface area contributed by atoms with Gasteiger partial charge >= 0.3 is 11.9 Å². The van der Waals surface area contributed by atoms with Gasteiger partial charge in [0, 0.05) is 25.3 Å². The Bertz CT molecular complexity index is 779. The third-order valence-corrected chi connectivity index (χ3v) is 3.53. The first-order chi connectivity index (χ1) is 12.4. The van der Waals surface area contributed by atoms with Crippen molar-refractivity contribution in [2.24, 2.45) is 0 Å². The quantitative estimate of drug-likeness (QED) is 0.799. The van der Waals surface area contributed by atoms with Gasteiger partial charge in [-0.05, 0) is 29.8 Å². The molecule has 1 aliphatic rings. The Hall–Kier alpha value is -3.42. The van der Waals surface area contributed by atoms with E-state index in [1.807, 2.05) is 36.4 Å². The highest BCUT2D eigenvalue weighted by Crippen LogP contribution is 2.35. The van der Waals surface area contributed by atoms with Crippen molar-refractivity contribution in [3.8, 4) is 17.2 Å². The van der Waals surface area contributed by atoms with Crippen molar-refractivity contribution in [3.05, 3.63) is 48.0 Å². The number of rotatable bonds is 4. The van der Waals surface area contributed by atoms with Crippen LogP contribution in [0.2, 0.25) is 0 Å². The zero-order valence-electron chi connectivity index (χ0n) is 14.3. The van der Waals surface area contributed by atoms with Crippen molar-refractivity contribution in [2.45, 2.75) is 6.54 Å². The summed E-state index contributed by atoms with van der Waals surface area (Å²) < 4.78 is 16.0. The second-order valence-corrected chi connectivity index (χ2v) is 5.36. The Labute approximate surface area is 150 Å². The van der Waals surface area contributed by atoms with Crippen molar-refractivity contribution >= 4 is 17.6 Å². The number of carboxylic acids is 2. The van der Waals surface area contributed by atoms with E-state index in [0.717, 1.165) is 29.5 Å². The maximum Gasteiger partial charge on any atom is 0.414 e. The number of hydrogen-bond donors (Lipinski definition) is 2. The summed E-state index contributed by atoms with van der Waals surface area (Å²) in [7, 11) is 3.73. The van der Waals surface area contributed by atoms with Crippen LogP contribution in [0.1, 0.15) is 5.56 Å². The number of hydrogen-bond acceptors (Lipinski definition) is 6. The third-order valence-electron chi connectivity index (χ3n) is 3.53. The average Bonchev–Trinajstić information content (AvgIpc) is 3.10. The molecule has 0 unspecified atom stereocenters. The first-order valence-electron chi connectivity index (χ1n) is 7.60. The zero-order chi connectivity index (χ0) is 19.1. The number of ether oxygens (including phenoxy) is 3. The fourth-order valence-electron chi connectivity index (χ4n) is 2.26. The predicted octanol–water partition coefficient (Wildman–Crippen LogP) is 2.22. The number of anilines is 1. The summed E-state index contributed by atoms with van der Waals surface area (Å²) in [6.07, 6.45) is 0. The fraction of sp³-hybridized carbons (Fsp3) is 0.222. The Morgan fingerprint density at radius 2 is 1.77 bits per heavy atom. The van der Waals surface area contributed by atoms with Gasteiger partial charge in [-0.1, -0.05) is 12.1 Å². The summed E-state index contributed by atoms with van der Waals surface area (Å²) in [6, 6.07) is 14.1. The monoisotopic (exact) mass is 361 g/mol. The van der Waals surface area contributed by atoms with Gasteiger partial charge in [-0.15, -0.1) is 0 Å². The molecule has 0 bridgehead atoms. The molecular weight excluding hydrogens is 342 g/mol. The first-order valence-corrected chi connectivity index (χ1v) is 7.60. The molecule has 0 atom stereocenters. The minimum absolute atomic E-state index is 0.304. The maximum absolute atomic E-state index is 9.10. The minimum atomic E-state index is -1.82. The van der Waals surface area contributed by atoms with E-state index in [-0.39, 0.29) is 0 Å². The van der Waals surface area contributed by atoms with Gasteiger partial charge in [0.1, 0.15) is 5.75 Å². The fourth-order valence-corrected chi connectivity index (χ4v) is 2.26. The molecule has 3 rings (SSSR count). The number of nitrogens with zero attached hydrogens (tertiary/aromatic N) is 1. The second-order valence-electron chi connectivity index (χ2n) is 5.36. The Morgan fingerprint density at radius 1 is 1.08 bits per heavy atom. The minimum Gasteiger partial charge on any atom is -0.497 e. The summed E-state index contributed by atoms with van der Waals surface area (Å²) in [4.78, 5) is 20.4. The molecule has 2 aromatic carbocycles. The lowest BCUT2D eigenvalue weighted by molar-refractivity contribution is -0.159.